The monoisotopic (exact) mass is 320 g/mol. The van der Waals surface area contributed by atoms with Crippen molar-refractivity contribution >= 4 is 17.2 Å². The number of aromatic nitrogens is 2. The van der Waals surface area contributed by atoms with Crippen LogP contribution in [0.3, 0.4) is 0 Å². The van der Waals surface area contributed by atoms with Gasteiger partial charge in [0.1, 0.15) is 17.8 Å². The van der Waals surface area contributed by atoms with Gasteiger partial charge in [0.25, 0.3) is 0 Å². The zero-order valence-corrected chi connectivity index (χ0v) is 13.7. The summed E-state index contributed by atoms with van der Waals surface area (Å²) in [7, 11) is 0. The number of anilines is 3. The number of nitrogen functional groups attached to an aromatic ring is 1. The van der Waals surface area contributed by atoms with Crippen LogP contribution in [0.15, 0.2) is 60.9 Å². The Balaban J connectivity index is 1.80. The third kappa shape index (κ3) is 3.63. The molecule has 0 saturated carbocycles. The molecule has 2 aromatic carbocycles. The Kier molecular flexibility index (Phi) is 4.61. The lowest BCUT2D eigenvalue weighted by Crippen LogP contribution is -2.03. The first-order valence-electron chi connectivity index (χ1n) is 7.84. The molecule has 0 amide bonds. The summed E-state index contributed by atoms with van der Waals surface area (Å²) in [5, 5.41) is 3.21. The Morgan fingerprint density at radius 2 is 1.67 bits per heavy atom. The Hall–Kier alpha value is -3.08. The Labute approximate surface area is 141 Å². The van der Waals surface area contributed by atoms with E-state index in [1.807, 2.05) is 42.5 Å². The quantitative estimate of drug-likeness (QED) is 0.711. The van der Waals surface area contributed by atoms with Crippen LogP contribution in [-0.4, -0.2) is 9.97 Å². The predicted octanol–water partition coefficient (Wildman–Crippen LogP) is 4.72. The van der Waals surface area contributed by atoms with Gasteiger partial charge in [-0.1, -0.05) is 44.2 Å². The number of hydrogen-bond acceptors (Lipinski definition) is 5. The molecule has 5 nitrogen and oxygen atoms in total. The van der Waals surface area contributed by atoms with E-state index in [1.54, 1.807) is 0 Å². The molecule has 0 radical (unpaired) electrons. The van der Waals surface area contributed by atoms with Gasteiger partial charge in [-0.2, -0.15) is 4.98 Å². The van der Waals surface area contributed by atoms with E-state index < -0.39 is 0 Å². The molecular formula is C19H20N4O. The molecule has 0 aliphatic carbocycles. The van der Waals surface area contributed by atoms with Gasteiger partial charge in [-0.15, -0.1) is 0 Å². The number of ether oxygens (including phenoxy) is 1. The Morgan fingerprint density at radius 1 is 0.958 bits per heavy atom. The van der Waals surface area contributed by atoms with Crippen LogP contribution >= 0.6 is 0 Å². The van der Waals surface area contributed by atoms with Crippen molar-refractivity contribution in [3.05, 3.63) is 66.5 Å². The number of nitrogens with one attached hydrogen (secondary N) is 1. The van der Waals surface area contributed by atoms with E-state index >= 15 is 0 Å². The SMILES string of the molecule is CC(C)c1ccc(Nc2ncnc(Oc3ccccc3)c2N)cc1. The number of rotatable bonds is 5. The molecule has 0 unspecified atom stereocenters. The summed E-state index contributed by atoms with van der Waals surface area (Å²) in [5.74, 6) is 2.02. The van der Waals surface area contributed by atoms with Crippen LogP contribution in [0, 0.1) is 0 Å². The molecule has 3 aromatic rings. The molecule has 3 N–H and O–H groups in total. The lowest BCUT2D eigenvalue weighted by molar-refractivity contribution is 0.464. The highest BCUT2D eigenvalue weighted by Gasteiger charge is 2.10. The van der Waals surface area contributed by atoms with Crippen molar-refractivity contribution in [1.82, 2.24) is 9.97 Å². The first-order chi connectivity index (χ1) is 11.6. The summed E-state index contributed by atoms with van der Waals surface area (Å²) < 4.78 is 5.72. The molecule has 0 aliphatic rings. The molecule has 0 saturated heterocycles. The van der Waals surface area contributed by atoms with E-state index in [1.165, 1.54) is 11.9 Å². The van der Waals surface area contributed by atoms with Gasteiger partial charge in [-0.3, -0.25) is 0 Å². The summed E-state index contributed by atoms with van der Waals surface area (Å²) in [6.45, 7) is 4.33. The molecule has 1 aromatic heterocycles. The third-order valence-electron chi connectivity index (χ3n) is 3.65. The molecule has 0 spiro atoms. The highest BCUT2D eigenvalue weighted by atomic mass is 16.5. The predicted molar refractivity (Wildman–Crippen MR) is 96.8 cm³/mol. The fraction of sp³-hybridized carbons (Fsp3) is 0.158. The van der Waals surface area contributed by atoms with Crippen molar-refractivity contribution in [2.75, 3.05) is 11.1 Å². The van der Waals surface area contributed by atoms with Crippen LogP contribution in [0.25, 0.3) is 0 Å². The van der Waals surface area contributed by atoms with Crippen molar-refractivity contribution in [2.45, 2.75) is 19.8 Å². The van der Waals surface area contributed by atoms with Gasteiger partial charge in [-0.25, -0.2) is 4.98 Å². The molecule has 3 rings (SSSR count). The van der Waals surface area contributed by atoms with Crippen LogP contribution < -0.4 is 15.8 Å². The topological polar surface area (TPSA) is 73.1 Å². The van der Waals surface area contributed by atoms with E-state index in [9.17, 15) is 0 Å². The largest absolute Gasteiger partial charge is 0.437 e. The van der Waals surface area contributed by atoms with E-state index in [2.05, 4.69) is 41.3 Å². The molecule has 0 atom stereocenters. The van der Waals surface area contributed by atoms with Crippen LogP contribution in [-0.2, 0) is 0 Å². The van der Waals surface area contributed by atoms with Gasteiger partial charge in [0.05, 0.1) is 0 Å². The van der Waals surface area contributed by atoms with E-state index in [4.69, 9.17) is 10.5 Å². The fourth-order valence-corrected chi connectivity index (χ4v) is 2.25. The van der Waals surface area contributed by atoms with Gasteiger partial charge >= 0.3 is 0 Å². The first-order valence-corrected chi connectivity index (χ1v) is 7.84. The van der Waals surface area contributed by atoms with Crippen molar-refractivity contribution in [2.24, 2.45) is 0 Å². The van der Waals surface area contributed by atoms with Gasteiger partial charge in [-0.05, 0) is 35.7 Å². The average Bonchev–Trinajstić information content (AvgIpc) is 2.60. The van der Waals surface area contributed by atoms with E-state index in [0.29, 0.717) is 29.1 Å². The minimum absolute atomic E-state index is 0.331. The summed E-state index contributed by atoms with van der Waals surface area (Å²) in [6.07, 6.45) is 1.43. The van der Waals surface area contributed by atoms with Gasteiger partial charge in [0.2, 0.25) is 5.88 Å². The maximum atomic E-state index is 6.14. The van der Waals surface area contributed by atoms with Crippen molar-refractivity contribution in [3.8, 4) is 11.6 Å². The standard InChI is InChI=1S/C19H20N4O/c1-13(2)14-8-10-15(11-9-14)23-18-17(20)19(22-12-21-18)24-16-6-4-3-5-7-16/h3-13H,20H2,1-2H3,(H,21,22,23). The average molecular weight is 320 g/mol. The molecule has 1 heterocycles. The van der Waals surface area contributed by atoms with Crippen molar-refractivity contribution in [1.29, 1.82) is 0 Å². The summed E-state index contributed by atoms with van der Waals surface area (Å²) >= 11 is 0. The molecule has 0 bridgehead atoms. The Morgan fingerprint density at radius 3 is 2.33 bits per heavy atom. The number of nitrogens with zero attached hydrogens (tertiary/aromatic N) is 2. The second kappa shape index (κ2) is 7.00. The molecule has 0 aliphatic heterocycles. The van der Waals surface area contributed by atoms with Gasteiger partial charge < -0.3 is 15.8 Å². The van der Waals surface area contributed by atoms with E-state index in [-0.39, 0.29) is 0 Å². The molecule has 0 fully saturated rings. The first kappa shape index (κ1) is 15.8. The minimum Gasteiger partial charge on any atom is -0.437 e. The number of para-hydroxylation sites is 1. The fourth-order valence-electron chi connectivity index (χ4n) is 2.25. The lowest BCUT2D eigenvalue weighted by Gasteiger charge is -2.12. The molecule has 24 heavy (non-hydrogen) atoms. The van der Waals surface area contributed by atoms with Crippen LogP contribution in [0.1, 0.15) is 25.3 Å². The summed E-state index contributed by atoms with van der Waals surface area (Å²) in [6, 6.07) is 17.6. The maximum absolute atomic E-state index is 6.14. The third-order valence-corrected chi connectivity index (χ3v) is 3.65. The van der Waals surface area contributed by atoms with E-state index in [0.717, 1.165) is 5.69 Å². The van der Waals surface area contributed by atoms with Crippen LogP contribution in [0.5, 0.6) is 11.6 Å². The van der Waals surface area contributed by atoms with Crippen LogP contribution in [0.2, 0.25) is 0 Å². The zero-order chi connectivity index (χ0) is 16.9. The smallest absolute Gasteiger partial charge is 0.248 e. The van der Waals surface area contributed by atoms with Crippen molar-refractivity contribution in [3.63, 3.8) is 0 Å². The lowest BCUT2D eigenvalue weighted by atomic mass is 10.0. The molecule has 122 valence electrons. The van der Waals surface area contributed by atoms with Gasteiger partial charge in [0.15, 0.2) is 5.82 Å². The molecular weight excluding hydrogens is 300 g/mol. The summed E-state index contributed by atoms with van der Waals surface area (Å²) in [4.78, 5) is 8.32. The zero-order valence-electron chi connectivity index (χ0n) is 13.7. The second-order valence-corrected chi connectivity index (χ2v) is 5.76. The maximum Gasteiger partial charge on any atom is 0.248 e. The Bertz CT molecular complexity index is 801. The highest BCUT2D eigenvalue weighted by Crippen LogP contribution is 2.31. The number of nitrogens with two attached hydrogens (primary N) is 1. The molecule has 5 heteroatoms. The summed E-state index contributed by atoms with van der Waals surface area (Å²) in [5.41, 5.74) is 8.71. The van der Waals surface area contributed by atoms with Crippen LogP contribution in [0.4, 0.5) is 17.2 Å². The van der Waals surface area contributed by atoms with Gasteiger partial charge in [0, 0.05) is 5.69 Å². The number of hydrogen-bond donors (Lipinski definition) is 2. The van der Waals surface area contributed by atoms with Crippen molar-refractivity contribution < 1.29 is 4.74 Å². The highest BCUT2D eigenvalue weighted by molar-refractivity contribution is 5.72. The number of benzene rings is 2. The normalized spacial score (nSPS) is 10.6. The second-order valence-electron chi connectivity index (χ2n) is 5.76. The minimum atomic E-state index is 0.331.